The molecule has 1 aliphatic heterocycles. The summed E-state index contributed by atoms with van der Waals surface area (Å²) < 4.78 is 11.9. The lowest BCUT2D eigenvalue weighted by atomic mass is 10.3. The molecule has 0 spiro atoms. The van der Waals surface area contributed by atoms with E-state index in [4.69, 9.17) is 9.47 Å². The van der Waals surface area contributed by atoms with E-state index in [1.54, 1.807) is 4.68 Å². The van der Waals surface area contributed by atoms with E-state index in [0.29, 0.717) is 13.2 Å². The van der Waals surface area contributed by atoms with Gasteiger partial charge in [-0.2, -0.15) is 0 Å². The largest absolute Gasteiger partial charge is 0.454 e. The summed E-state index contributed by atoms with van der Waals surface area (Å²) in [6.07, 6.45) is 2.04. The van der Waals surface area contributed by atoms with Gasteiger partial charge in [-0.1, -0.05) is 18.2 Å². The minimum Gasteiger partial charge on any atom is -0.454 e. The molecule has 19 heavy (non-hydrogen) atoms. The third-order valence-electron chi connectivity index (χ3n) is 2.86. The molecule has 0 radical (unpaired) electrons. The Morgan fingerprint density at radius 2 is 2.21 bits per heavy atom. The van der Waals surface area contributed by atoms with Gasteiger partial charge in [0.15, 0.2) is 0 Å². The first-order valence-corrected chi connectivity index (χ1v) is 6.09. The Kier molecular flexibility index (Phi) is 3.24. The molecule has 98 valence electrons. The van der Waals surface area contributed by atoms with Crippen molar-refractivity contribution in [3.63, 3.8) is 0 Å². The van der Waals surface area contributed by atoms with Crippen LogP contribution < -0.4 is 0 Å². The molecule has 0 aliphatic carbocycles. The first-order chi connectivity index (χ1) is 9.33. The highest BCUT2D eigenvalue weighted by atomic mass is 16.6. The number of para-hydroxylation sites is 1. The van der Waals surface area contributed by atoms with Gasteiger partial charge in [-0.15, -0.1) is 5.10 Å². The van der Waals surface area contributed by atoms with Crippen LogP contribution in [0.15, 0.2) is 36.7 Å². The molecule has 2 aromatic rings. The average molecular weight is 259 g/mol. The van der Waals surface area contributed by atoms with Gasteiger partial charge in [-0.3, -0.25) is 0 Å². The topological polar surface area (TPSA) is 66.2 Å². The number of hydrogen-bond acceptors (Lipinski definition) is 5. The van der Waals surface area contributed by atoms with Crippen LogP contribution in [0.25, 0.3) is 5.69 Å². The molecule has 0 bridgehead atoms. The van der Waals surface area contributed by atoms with E-state index in [1.165, 1.54) is 6.33 Å². The minimum absolute atomic E-state index is 0.0655. The summed E-state index contributed by atoms with van der Waals surface area (Å²) in [5.41, 5.74) is 0.846. The maximum Gasteiger partial charge on any atom is 0.378 e. The fourth-order valence-electron chi connectivity index (χ4n) is 1.87. The summed E-state index contributed by atoms with van der Waals surface area (Å²) in [6, 6.07) is 9.47. The second-order valence-corrected chi connectivity index (χ2v) is 4.24. The van der Waals surface area contributed by atoms with Crippen molar-refractivity contribution in [3.8, 4) is 5.69 Å². The number of carbonyl (C=O) groups excluding carboxylic acids is 1. The van der Waals surface area contributed by atoms with Crippen LogP contribution in [-0.2, 0) is 9.47 Å². The minimum atomic E-state index is -0.509. The Morgan fingerprint density at radius 1 is 1.37 bits per heavy atom. The zero-order valence-electron chi connectivity index (χ0n) is 10.2. The van der Waals surface area contributed by atoms with Crippen LogP contribution in [0.3, 0.4) is 0 Å². The van der Waals surface area contributed by atoms with Gasteiger partial charge in [0.25, 0.3) is 5.82 Å². The molecule has 1 aromatic heterocycles. The number of rotatable bonds is 3. The molecule has 0 unspecified atom stereocenters. The molecule has 1 saturated heterocycles. The Morgan fingerprint density at radius 3 is 2.95 bits per heavy atom. The lowest BCUT2D eigenvalue weighted by Gasteiger charge is -2.07. The molecule has 3 rings (SSSR count). The van der Waals surface area contributed by atoms with E-state index in [-0.39, 0.29) is 11.9 Å². The van der Waals surface area contributed by atoms with E-state index in [0.717, 1.165) is 12.1 Å². The zero-order valence-corrected chi connectivity index (χ0v) is 10.2. The van der Waals surface area contributed by atoms with Crippen molar-refractivity contribution in [1.82, 2.24) is 14.8 Å². The molecule has 1 fully saturated rings. The van der Waals surface area contributed by atoms with Gasteiger partial charge in [-0.25, -0.2) is 14.5 Å². The molecule has 0 N–H and O–H groups in total. The van der Waals surface area contributed by atoms with Crippen LogP contribution in [0.2, 0.25) is 0 Å². The lowest BCUT2D eigenvalue weighted by Crippen LogP contribution is -2.19. The second kappa shape index (κ2) is 5.19. The molecular formula is C13H13N3O3. The Balaban J connectivity index is 1.72. The van der Waals surface area contributed by atoms with Gasteiger partial charge in [-0.05, 0) is 12.1 Å². The van der Waals surface area contributed by atoms with E-state index in [2.05, 4.69) is 10.1 Å². The van der Waals surface area contributed by atoms with E-state index >= 15 is 0 Å². The van der Waals surface area contributed by atoms with Gasteiger partial charge >= 0.3 is 5.97 Å². The molecule has 6 nitrogen and oxygen atoms in total. The van der Waals surface area contributed by atoms with Crippen LogP contribution >= 0.6 is 0 Å². The van der Waals surface area contributed by atoms with Gasteiger partial charge in [0.05, 0.1) is 18.9 Å². The molecule has 0 amide bonds. The molecule has 1 atom stereocenters. The fraction of sp³-hybridized carbons (Fsp3) is 0.308. The quantitative estimate of drug-likeness (QED) is 0.775. The maximum absolute atomic E-state index is 11.8. The molecular weight excluding hydrogens is 246 g/mol. The molecule has 0 saturated carbocycles. The molecule has 1 aliphatic rings. The van der Waals surface area contributed by atoms with Gasteiger partial charge in [0, 0.05) is 6.42 Å². The van der Waals surface area contributed by atoms with Crippen molar-refractivity contribution in [1.29, 1.82) is 0 Å². The van der Waals surface area contributed by atoms with Crippen molar-refractivity contribution in [2.24, 2.45) is 0 Å². The Hall–Kier alpha value is -2.21. The summed E-state index contributed by atoms with van der Waals surface area (Å²) in [7, 11) is 0. The molecule has 2 heterocycles. The number of carbonyl (C=O) groups is 1. The van der Waals surface area contributed by atoms with Crippen LogP contribution in [-0.4, -0.2) is 40.1 Å². The average Bonchev–Trinajstić information content (AvgIpc) is 3.10. The van der Waals surface area contributed by atoms with Crippen LogP contribution in [0.5, 0.6) is 0 Å². The van der Waals surface area contributed by atoms with Crippen LogP contribution in [0.4, 0.5) is 0 Å². The van der Waals surface area contributed by atoms with Crippen LogP contribution in [0.1, 0.15) is 17.0 Å². The highest BCUT2D eigenvalue weighted by molar-refractivity contribution is 5.85. The third-order valence-corrected chi connectivity index (χ3v) is 2.86. The smallest absolute Gasteiger partial charge is 0.378 e. The monoisotopic (exact) mass is 259 g/mol. The number of esters is 1. The predicted octanol–water partition coefficient (Wildman–Crippen LogP) is 1.21. The SMILES string of the molecule is O=C(O[C@H]1CCOC1)c1ncn(-c2ccccc2)n1. The van der Waals surface area contributed by atoms with Crippen molar-refractivity contribution in [2.75, 3.05) is 13.2 Å². The summed E-state index contributed by atoms with van der Waals surface area (Å²) in [5, 5.41) is 4.11. The Labute approximate surface area is 110 Å². The van der Waals surface area contributed by atoms with Gasteiger partial charge in [0.2, 0.25) is 0 Å². The summed E-state index contributed by atoms with van der Waals surface area (Å²) in [4.78, 5) is 15.8. The van der Waals surface area contributed by atoms with Gasteiger partial charge in [0.1, 0.15) is 12.4 Å². The van der Waals surface area contributed by atoms with Gasteiger partial charge < -0.3 is 9.47 Å². The number of nitrogens with zero attached hydrogens (tertiary/aromatic N) is 3. The normalized spacial score (nSPS) is 18.4. The Bertz CT molecular complexity index is 562. The summed E-state index contributed by atoms with van der Waals surface area (Å²) >= 11 is 0. The van der Waals surface area contributed by atoms with Crippen molar-refractivity contribution < 1.29 is 14.3 Å². The summed E-state index contributed by atoms with van der Waals surface area (Å²) in [5.74, 6) is -0.444. The number of hydrogen-bond donors (Lipinski definition) is 0. The van der Waals surface area contributed by atoms with E-state index < -0.39 is 5.97 Å². The fourth-order valence-corrected chi connectivity index (χ4v) is 1.87. The predicted molar refractivity (Wildman–Crippen MR) is 66.0 cm³/mol. The standard InChI is InChI=1S/C13H13N3O3/c17-13(19-11-6-7-18-8-11)12-14-9-16(15-12)10-4-2-1-3-5-10/h1-5,9,11H,6-8H2/t11-/m0/s1. The second-order valence-electron chi connectivity index (χ2n) is 4.24. The van der Waals surface area contributed by atoms with Crippen molar-refractivity contribution >= 4 is 5.97 Å². The zero-order chi connectivity index (χ0) is 13.1. The van der Waals surface area contributed by atoms with Crippen molar-refractivity contribution in [3.05, 3.63) is 42.5 Å². The lowest BCUT2D eigenvalue weighted by molar-refractivity contribution is 0.0257. The number of aromatic nitrogens is 3. The first kappa shape index (κ1) is 11.9. The number of ether oxygens (including phenoxy) is 2. The highest BCUT2D eigenvalue weighted by Gasteiger charge is 2.23. The van der Waals surface area contributed by atoms with Crippen LogP contribution in [0, 0.1) is 0 Å². The van der Waals surface area contributed by atoms with Crippen molar-refractivity contribution in [2.45, 2.75) is 12.5 Å². The molecule has 6 heteroatoms. The molecule has 1 aromatic carbocycles. The highest BCUT2D eigenvalue weighted by Crippen LogP contribution is 2.11. The van der Waals surface area contributed by atoms with E-state index in [9.17, 15) is 4.79 Å². The van der Waals surface area contributed by atoms with E-state index in [1.807, 2.05) is 30.3 Å². The first-order valence-electron chi connectivity index (χ1n) is 6.09. The number of benzene rings is 1. The summed E-state index contributed by atoms with van der Waals surface area (Å²) in [6.45, 7) is 1.08. The maximum atomic E-state index is 11.8. The third kappa shape index (κ3) is 2.63.